The Morgan fingerprint density at radius 2 is 2.08 bits per heavy atom. The maximum atomic E-state index is 10.5. The van der Waals surface area contributed by atoms with E-state index < -0.39 is 5.79 Å². The fourth-order valence-corrected chi connectivity index (χ4v) is 1.32. The maximum Gasteiger partial charge on any atom is 0.201 e. The third kappa shape index (κ3) is 1.42. The van der Waals surface area contributed by atoms with Gasteiger partial charge in [0.2, 0.25) is 5.79 Å². The molecule has 0 aromatic heterocycles. The lowest BCUT2D eigenvalue weighted by Crippen LogP contribution is -2.44. The van der Waals surface area contributed by atoms with E-state index in [9.17, 15) is 4.79 Å². The van der Waals surface area contributed by atoms with Crippen LogP contribution in [-0.2, 0) is 14.3 Å². The lowest BCUT2D eigenvalue weighted by molar-refractivity contribution is -0.215. The summed E-state index contributed by atoms with van der Waals surface area (Å²) in [5, 5.41) is 0. The zero-order valence-corrected chi connectivity index (χ0v) is 7.50. The van der Waals surface area contributed by atoms with Crippen molar-refractivity contribution in [1.29, 1.82) is 0 Å². The highest BCUT2D eigenvalue weighted by atomic mass is 16.7. The molecular formula is C9H14O3. The molecular weight excluding hydrogens is 156 g/mol. The standard InChI is InChI=1S/C9H14O3/c1-3-11-9(12-4-2)6-5-8(9)7-10/h5,7H,3-4,6H2,1-2H3. The molecule has 1 rings (SSSR count). The second-order valence-electron chi connectivity index (χ2n) is 2.60. The molecule has 0 bridgehead atoms. The molecule has 0 aliphatic heterocycles. The first-order valence-corrected chi connectivity index (χ1v) is 4.22. The summed E-state index contributed by atoms with van der Waals surface area (Å²) in [5.74, 6) is -0.717. The van der Waals surface area contributed by atoms with Crippen molar-refractivity contribution in [2.75, 3.05) is 13.2 Å². The van der Waals surface area contributed by atoms with E-state index in [4.69, 9.17) is 9.47 Å². The molecule has 0 unspecified atom stereocenters. The number of hydrogen-bond acceptors (Lipinski definition) is 3. The quantitative estimate of drug-likeness (QED) is 0.460. The largest absolute Gasteiger partial charge is 0.346 e. The second-order valence-corrected chi connectivity index (χ2v) is 2.60. The highest BCUT2D eigenvalue weighted by Crippen LogP contribution is 2.35. The van der Waals surface area contributed by atoms with Crippen molar-refractivity contribution in [1.82, 2.24) is 0 Å². The Labute approximate surface area is 72.4 Å². The van der Waals surface area contributed by atoms with Gasteiger partial charge >= 0.3 is 0 Å². The van der Waals surface area contributed by atoms with Crippen LogP contribution in [0.1, 0.15) is 20.3 Å². The second kappa shape index (κ2) is 3.83. The summed E-state index contributed by atoms with van der Waals surface area (Å²) in [4.78, 5) is 10.5. The molecule has 3 nitrogen and oxygen atoms in total. The lowest BCUT2D eigenvalue weighted by atomic mass is 9.91. The van der Waals surface area contributed by atoms with Crippen LogP contribution in [0.4, 0.5) is 0 Å². The Balaban J connectivity index is 2.63. The van der Waals surface area contributed by atoms with Gasteiger partial charge in [-0.2, -0.15) is 0 Å². The smallest absolute Gasteiger partial charge is 0.201 e. The Morgan fingerprint density at radius 3 is 2.33 bits per heavy atom. The SMILES string of the molecule is CCOC1(OCC)CC=C1C=O. The van der Waals surface area contributed by atoms with E-state index in [2.05, 4.69) is 0 Å². The normalized spacial score (nSPS) is 19.7. The number of carbonyl (C=O) groups excluding carboxylic acids is 1. The van der Waals surface area contributed by atoms with E-state index in [0.717, 1.165) is 6.29 Å². The van der Waals surface area contributed by atoms with Gasteiger partial charge in [0.25, 0.3) is 0 Å². The van der Waals surface area contributed by atoms with Gasteiger partial charge in [0.15, 0.2) is 6.29 Å². The third-order valence-corrected chi connectivity index (χ3v) is 1.91. The van der Waals surface area contributed by atoms with Crippen molar-refractivity contribution in [3.05, 3.63) is 11.6 Å². The molecule has 0 saturated carbocycles. The van der Waals surface area contributed by atoms with Gasteiger partial charge < -0.3 is 9.47 Å². The summed E-state index contributed by atoms with van der Waals surface area (Å²) in [7, 11) is 0. The molecule has 1 aliphatic carbocycles. The van der Waals surface area contributed by atoms with Gasteiger partial charge in [0.1, 0.15) is 0 Å². The first kappa shape index (κ1) is 9.42. The fourth-order valence-electron chi connectivity index (χ4n) is 1.32. The minimum absolute atomic E-state index is 0.561. The van der Waals surface area contributed by atoms with Gasteiger partial charge in [0, 0.05) is 25.2 Å². The van der Waals surface area contributed by atoms with E-state index >= 15 is 0 Å². The molecule has 0 atom stereocenters. The first-order valence-electron chi connectivity index (χ1n) is 4.22. The summed E-state index contributed by atoms with van der Waals surface area (Å²) < 4.78 is 10.8. The molecule has 12 heavy (non-hydrogen) atoms. The van der Waals surface area contributed by atoms with Gasteiger partial charge in [0.05, 0.1) is 0 Å². The minimum Gasteiger partial charge on any atom is -0.346 e. The van der Waals surface area contributed by atoms with E-state index in [0.29, 0.717) is 25.2 Å². The predicted molar refractivity (Wildman–Crippen MR) is 44.7 cm³/mol. The molecule has 0 spiro atoms. The number of rotatable bonds is 5. The van der Waals surface area contributed by atoms with Gasteiger partial charge in [-0.15, -0.1) is 0 Å². The van der Waals surface area contributed by atoms with Crippen LogP contribution in [0, 0.1) is 0 Å². The minimum atomic E-state index is -0.717. The topological polar surface area (TPSA) is 35.5 Å². The van der Waals surface area contributed by atoms with Crippen molar-refractivity contribution in [3.8, 4) is 0 Å². The van der Waals surface area contributed by atoms with Crippen LogP contribution in [0.2, 0.25) is 0 Å². The van der Waals surface area contributed by atoms with Crippen molar-refractivity contribution in [2.24, 2.45) is 0 Å². The van der Waals surface area contributed by atoms with Crippen LogP contribution in [0.15, 0.2) is 11.6 Å². The van der Waals surface area contributed by atoms with Crippen LogP contribution >= 0.6 is 0 Å². The summed E-state index contributed by atoms with van der Waals surface area (Å²) >= 11 is 0. The Hall–Kier alpha value is -0.670. The summed E-state index contributed by atoms with van der Waals surface area (Å²) in [5.41, 5.74) is 0.617. The Bertz CT molecular complexity index is 190. The van der Waals surface area contributed by atoms with Gasteiger partial charge in [-0.05, 0) is 13.8 Å². The van der Waals surface area contributed by atoms with Crippen molar-refractivity contribution < 1.29 is 14.3 Å². The van der Waals surface area contributed by atoms with E-state index in [1.54, 1.807) is 0 Å². The molecule has 0 amide bonds. The average Bonchev–Trinajstić information content (AvgIpc) is 2.03. The molecule has 3 heteroatoms. The van der Waals surface area contributed by atoms with E-state index in [1.165, 1.54) is 0 Å². The van der Waals surface area contributed by atoms with E-state index in [-0.39, 0.29) is 0 Å². The molecule has 68 valence electrons. The number of aldehydes is 1. The molecule has 0 N–H and O–H groups in total. The van der Waals surface area contributed by atoms with Gasteiger partial charge in [-0.1, -0.05) is 6.08 Å². The number of ether oxygens (including phenoxy) is 2. The van der Waals surface area contributed by atoms with Crippen molar-refractivity contribution in [2.45, 2.75) is 26.1 Å². The zero-order chi connectivity index (χ0) is 9.03. The highest BCUT2D eigenvalue weighted by molar-refractivity contribution is 5.78. The number of hydrogen-bond donors (Lipinski definition) is 0. The van der Waals surface area contributed by atoms with Gasteiger partial charge in [-0.3, -0.25) is 4.79 Å². The van der Waals surface area contributed by atoms with Gasteiger partial charge in [-0.25, -0.2) is 0 Å². The van der Waals surface area contributed by atoms with Crippen LogP contribution < -0.4 is 0 Å². The summed E-state index contributed by atoms with van der Waals surface area (Å²) in [6.07, 6.45) is 3.32. The predicted octanol–water partition coefficient (Wildman–Crippen LogP) is 1.28. The van der Waals surface area contributed by atoms with Crippen molar-refractivity contribution >= 4 is 6.29 Å². The third-order valence-electron chi connectivity index (χ3n) is 1.91. The van der Waals surface area contributed by atoms with Crippen LogP contribution in [0.3, 0.4) is 0 Å². The monoisotopic (exact) mass is 170 g/mol. The number of carbonyl (C=O) groups is 1. The zero-order valence-electron chi connectivity index (χ0n) is 7.50. The van der Waals surface area contributed by atoms with Crippen LogP contribution in [0.5, 0.6) is 0 Å². The lowest BCUT2D eigenvalue weighted by Gasteiger charge is -2.38. The Kier molecular flexibility index (Phi) is 3.00. The van der Waals surface area contributed by atoms with E-state index in [1.807, 2.05) is 19.9 Å². The average molecular weight is 170 g/mol. The van der Waals surface area contributed by atoms with Crippen LogP contribution in [-0.4, -0.2) is 25.3 Å². The maximum absolute atomic E-state index is 10.5. The molecule has 0 aromatic rings. The molecule has 0 saturated heterocycles. The Morgan fingerprint density at radius 1 is 1.50 bits per heavy atom. The molecule has 0 fully saturated rings. The molecule has 0 radical (unpaired) electrons. The first-order chi connectivity index (χ1) is 5.79. The highest BCUT2D eigenvalue weighted by Gasteiger charge is 2.41. The summed E-state index contributed by atoms with van der Waals surface area (Å²) in [6.45, 7) is 4.90. The summed E-state index contributed by atoms with van der Waals surface area (Å²) in [6, 6.07) is 0. The van der Waals surface area contributed by atoms with Crippen molar-refractivity contribution in [3.63, 3.8) is 0 Å². The fraction of sp³-hybridized carbons (Fsp3) is 0.667. The molecule has 1 aliphatic rings. The molecule has 0 heterocycles. The van der Waals surface area contributed by atoms with Crippen LogP contribution in [0.25, 0.3) is 0 Å². The molecule has 0 aromatic carbocycles.